The molecule has 0 fully saturated rings. The number of anilines is 1. The van der Waals surface area contributed by atoms with Gasteiger partial charge in [-0.05, 0) is 61.2 Å². The van der Waals surface area contributed by atoms with Gasteiger partial charge in [-0.25, -0.2) is 4.98 Å². The molecule has 2 heterocycles. The van der Waals surface area contributed by atoms with Gasteiger partial charge in [0.2, 0.25) is 5.43 Å². The van der Waals surface area contributed by atoms with Crippen molar-refractivity contribution in [2.45, 2.75) is 32.4 Å². The van der Waals surface area contributed by atoms with E-state index in [2.05, 4.69) is 34.6 Å². The Balaban J connectivity index is 1.46. The zero-order chi connectivity index (χ0) is 22.1. The van der Waals surface area contributed by atoms with Crippen LogP contribution >= 0.6 is 0 Å². The van der Waals surface area contributed by atoms with E-state index in [-0.39, 0.29) is 11.2 Å². The molecule has 0 aliphatic heterocycles. The van der Waals surface area contributed by atoms with Crippen molar-refractivity contribution in [3.63, 3.8) is 0 Å². The number of nitrogens with one attached hydrogen (secondary N) is 1. The molecule has 162 valence electrons. The molecular weight excluding hydrogens is 402 g/mol. The molecule has 0 atom stereocenters. The lowest BCUT2D eigenvalue weighted by Crippen LogP contribution is -2.20. The summed E-state index contributed by atoms with van der Waals surface area (Å²) in [5.41, 5.74) is 4.08. The number of hydrogen-bond donors (Lipinski definition) is 1. The molecule has 1 N–H and O–H groups in total. The minimum Gasteiger partial charge on any atom is -0.497 e. The Hall–Kier alpha value is -3.80. The summed E-state index contributed by atoms with van der Waals surface area (Å²) in [6.07, 6.45) is 5.46. The summed E-state index contributed by atoms with van der Waals surface area (Å²) < 4.78 is 13.1. The number of rotatable bonds is 6. The number of aryl methyl sites for hydroxylation is 1. The molecule has 4 aromatic rings. The third kappa shape index (κ3) is 3.80. The average molecular weight is 428 g/mol. The summed E-state index contributed by atoms with van der Waals surface area (Å²) in [5, 5.41) is 4.10. The maximum atomic E-state index is 13.3. The molecule has 2 aromatic heterocycles. The van der Waals surface area contributed by atoms with Crippen molar-refractivity contribution in [2.24, 2.45) is 0 Å². The molecule has 0 saturated carbocycles. The Morgan fingerprint density at radius 2 is 1.75 bits per heavy atom. The Labute approximate surface area is 186 Å². The monoisotopic (exact) mass is 427 g/mol. The first-order valence-corrected chi connectivity index (χ1v) is 10.8. The van der Waals surface area contributed by atoms with E-state index in [0.717, 1.165) is 24.3 Å². The van der Waals surface area contributed by atoms with E-state index in [4.69, 9.17) is 9.47 Å². The molecule has 1 aliphatic carbocycles. The lowest BCUT2D eigenvalue weighted by atomic mass is 10.1. The smallest absolute Gasteiger partial charge is 0.233 e. The van der Waals surface area contributed by atoms with Gasteiger partial charge in [0, 0.05) is 12.6 Å². The van der Waals surface area contributed by atoms with E-state index >= 15 is 0 Å². The topological polar surface area (TPSA) is 65.4 Å². The van der Waals surface area contributed by atoms with Gasteiger partial charge in [0.25, 0.3) is 0 Å². The Morgan fingerprint density at radius 1 is 1.06 bits per heavy atom. The fraction of sp³-hybridized carbons (Fsp3) is 0.231. The molecule has 5 rings (SSSR count). The van der Waals surface area contributed by atoms with Crippen LogP contribution in [0.3, 0.4) is 0 Å². The minimum atomic E-state index is -0.175. The van der Waals surface area contributed by atoms with Crippen LogP contribution in [-0.4, -0.2) is 22.7 Å². The van der Waals surface area contributed by atoms with Crippen molar-refractivity contribution in [2.75, 3.05) is 12.4 Å². The van der Waals surface area contributed by atoms with Crippen LogP contribution in [0.2, 0.25) is 0 Å². The van der Waals surface area contributed by atoms with Crippen molar-refractivity contribution < 1.29 is 9.47 Å². The zero-order valence-electron chi connectivity index (χ0n) is 18.2. The van der Waals surface area contributed by atoms with Gasteiger partial charge < -0.3 is 19.4 Å². The van der Waals surface area contributed by atoms with E-state index in [1.165, 1.54) is 11.1 Å². The quantitative estimate of drug-likeness (QED) is 0.479. The van der Waals surface area contributed by atoms with Crippen LogP contribution in [0.1, 0.15) is 18.1 Å². The summed E-state index contributed by atoms with van der Waals surface area (Å²) in [4.78, 5) is 17.9. The summed E-state index contributed by atoms with van der Waals surface area (Å²) in [5.74, 6) is 1.59. The minimum absolute atomic E-state index is 0.175. The van der Waals surface area contributed by atoms with Crippen LogP contribution in [0.25, 0.3) is 11.0 Å². The Kier molecular flexibility index (Phi) is 5.27. The van der Waals surface area contributed by atoms with Gasteiger partial charge in [-0.3, -0.25) is 4.79 Å². The first-order chi connectivity index (χ1) is 15.6. The Morgan fingerprint density at radius 3 is 2.41 bits per heavy atom. The predicted octanol–water partition coefficient (Wildman–Crippen LogP) is 4.80. The highest BCUT2D eigenvalue weighted by molar-refractivity contribution is 5.80. The normalized spacial score (nSPS) is 13.2. The molecule has 2 aromatic carbocycles. The first-order valence-electron chi connectivity index (χ1n) is 10.8. The van der Waals surface area contributed by atoms with Crippen molar-refractivity contribution >= 4 is 16.7 Å². The molecule has 0 spiro atoms. The molecule has 1 aliphatic rings. The third-order valence-corrected chi connectivity index (χ3v) is 5.93. The van der Waals surface area contributed by atoms with Gasteiger partial charge >= 0.3 is 0 Å². The SMILES string of the molecule is CCn1cc(Oc2ccc(OC)cc2)c(=O)c2cc(NC3Cc4ccccc4C3)cnc21. The number of nitrogens with zero attached hydrogens (tertiary/aromatic N) is 2. The molecule has 0 bridgehead atoms. The maximum absolute atomic E-state index is 13.3. The largest absolute Gasteiger partial charge is 0.497 e. The highest BCUT2D eigenvalue weighted by Crippen LogP contribution is 2.27. The second kappa shape index (κ2) is 8.38. The molecule has 0 radical (unpaired) electrons. The number of benzene rings is 2. The van der Waals surface area contributed by atoms with Crippen molar-refractivity contribution in [1.29, 1.82) is 0 Å². The molecule has 0 unspecified atom stereocenters. The van der Waals surface area contributed by atoms with Gasteiger partial charge in [0.15, 0.2) is 5.75 Å². The molecular formula is C26H25N3O3. The van der Waals surface area contributed by atoms with Gasteiger partial charge in [-0.15, -0.1) is 0 Å². The number of pyridine rings is 2. The van der Waals surface area contributed by atoms with Crippen molar-refractivity contribution in [3.8, 4) is 17.2 Å². The van der Waals surface area contributed by atoms with Crippen molar-refractivity contribution in [3.05, 3.63) is 88.3 Å². The predicted molar refractivity (Wildman–Crippen MR) is 126 cm³/mol. The van der Waals surface area contributed by atoms with E-state index < -0.39 is 0 Å². The molecule has 0 amide bonds. The zero-order valence-corrected chi connectivity index (χ0v) is 18.2. The van der Waals surface area contributed by atoms with Crippen LogP contribution in [0.5, 0.6) is 17.2 Å². The van der Waals surface area contributed by atoms with Crippen LogP contribution in [0.4, 0.5) is 5.69 Å². The lowest BCUT2D eigenvalue weighted by Gasteiger charge is -2.16. The fourth-order valence-electron chi connectivity index (χ4n) is 4.31. The molecule has 32 heavy (non-hydrogen) atoms. The highest BCUT2D eigenvalue weighted by Gasteiger charge is 2.21. The highest BCUT2D eigenvalue weighted by atomic mass is 16.5. The van der Waals surface area contributed by atoms with Gasteiger partial charge in [-0.1, -0.05) is 24.3 Å². The van der Waals surface area contributed by atoms with Gasteiger partial charge in [0.1, 0.15) is 17.1 Å². The summed E-state index contributed by atoms with van der Waals surface area (Å²) in [7, 11) is 1.61. The van der Waals surface area contributed by atoms with E-state index in [1.54, 1.807) is 43.8 Å². The summed E-state index contributed by atoms with van der Waals surface area (Å²) in [6, 6.07) is 17.9. The van der Waals surface area contributed by atoms with E-state index in [9.17, 15) is 4.79 Å². The fourth-order valence-corrected chi connectivity index (χ4v) is 4.31. The van der Waals surface area contributed by atoms with Crippen molar-refractivity contribution in [1.82, 2.24) is 9.55 Å². The van der Waals surface area contributed by atoms with E-state index in [0.29, 0.717) is 29.4 Å². The molecule has 6 heteroatoms. The van der Waals surface area contributed by atoms with Gasteiger partial charge in [0.05, 0.1) is 30.6 Å². The number of methoxy groups -OCH3 is 1. The standard InChI is InChI=1S/C26H25N3O3/c1-3-29-16-24(32-22-10-8-21(31-2)9-11-22)25(30)23-14-20(15-27-26(23)29)28-19-12-17-6-4-5-7-18(17)13-19/h4-11,14-16,19,28H,3,12-13H2,1-2H3. The first kappa shape index (κ1) is 20.1. The van der Waals surface area contributed by atoms with Crippen LogP contribution in [0, 0.1) is 0 Å². The third-order valence-electron chi connectivity index (χ3n) is 5.93. The Bertz CT molecular complexity index is 1300. The lowest BCUT2D eigenvalue weighted by molar-refractivity contribution is 0.412. The summed E-state index contributed by atoms with van der Waals surface area (Å²) in [6.45, 7) is 2.69. The maximum Gasteiger partial charge on any atom is 0.233 e. The van der Waals surface area contributed by atoms with E-state index in [1.807, 2.05) is 17.6 Å². The number of aromatic nitrogens is 2. The second-order valence-corrected chi connectivity index (χ2v) is 8.00. The number of ether oxygens (including phenoxy) is 2. The average Bonchev–Trinajstić information content (AvgIpc) is 3.24. The van der Waals surface area contributed by atoms with Crippen LogP contribution < -0.4 is 20.2 Å². The second-order valence-electron chi connectivity index (χ2n) is 8.00. The van der Waals surface area contributed by atoms with Gasteiger partial charge in [-0.2, -0.15) is 0 Å². The van der Waals surface area contributed by atoms with Crippen LogP contribution in [-0.2, 0) is 19.4 Å². The number of fused-ring (bicyclic) bond motifs is 2. The summed E-state index contributed by atoms with van der Waals surface area (Å²) >= 11 is 0. The van der Waals surface area contributed by atoms with Crippen LogP contribution in [0.15, 0.2) is 71.8 Å². The number of hydrogen-bond acceptors (Lipinski definition) is 5. The molecule has 0 saturated heterocycles. The molecule has 6 nitrogen and oxygen atoms in total.